The van der Waals surface area contributed by atoms with Gasteiger partial charge in [-0.15, -0.1) is 0 Å². The minimum atomic E-state index is -1.06. The number of hydrogen-bond donors (Lipinski definition) is 3. The number of aromatic amines is 1. The number of nitro benzene ring substituents is 1. The van der Waals surface area contributed by atoms with Gasteiger partial charge in [0.2, 0.25) is 0 Å². The number of hydrazone groups is 1. The lowest BCUT2D eigenvalue weighted by Gasteiger charge is -2.17. The highest BCUT2D eigenvalue weighted by Gasteiger charge is 2.23. The molecule has 0 radical (unpaired) electrons. The molecule has 12 heteroatoms. The molecule has 0 saturated carbocycles. The largest absolute Gasteiger partial charge is 0.445 e. The summed E-state index contributed by atoms with van der Waals surface area (Å²) in [6.07, 6.45) is 2.24. The van der Waals surface area contributed by atoms with Crippen molar-refractivity contribution in [2.75, 3.05) is 0 Å². The number of amides is 2. The number of alkyl carbamates (subject to hydrolysis) is 1. The fraction of sp³-hybridized carbons (Fsp3) is 0.115. The summed E-state index contributed by atoms with van der Waals surface area (Å²) in [5, 5.41) is 18.5. The minimum absolute atomic E-state index is 0.0261. The number of carbonyl (C=O) groups excluding carboxylic acids is 2. The maximum atomic E-state index is 13.1. The monoisotopic (exact) mass is 553 g/mol. The van der Waals surface area contributed by atoms with E-state index in [9.17, 15) is 19.7 Å². The van der Waals surface area contributed by atoms with Gasteiger partial charge in [0, 0.05) is 41.2 Å². The van der Waals surface area contributed by atoms with Gasteiger partial charge in [0.1, 0.15) is 12.6 Å². The van der Waals surface area contributed by atoms with Crippen LogP contribution in [0, 0.1) is 10.1 Å². The fourth-order valence-corrected chi connectivity index (χ4v) is 4.05. The standard InChI is InChI=1S/C26H21Cl2N5O5/c27-21-12-19(33(36)37)10-18(24(21)28)14-30-32-25(34)23(11-17-13-29-22-9-5-4-8-20(17)22)31-26(35)38-15-16-6-2-1-3-7-16/h1-10,12-14,23,29H,11,15H2,(H,31,35)(H,32,34)/b30-14-/t23-/m1/s1. The number of nitrogens with zero attached hydrogens (tertiary/aromatic N) is 2. The maximum Gasteiger partial charge on any atom is 0.408 e. The lowest BCUT2D eigenvalue weighted by Crippen LogP contribution is -2.47. The molecular formula is C26H21Cl2N5O5. The molecule has 3 aromatic carbocycles. The Kier molecular flexibility index (Phi) is 8.57. The molecule has 1 aromatic heterocycles. The highest BCUT2D eigenvalue weighted by Crippen LogP contribution is 2.29. The van der Waals surface area contributed by atoms with E-state index in [4.69, 9.17) is 27.9 Å². The average Bonchev–Trinajstić information content (AvgIpc) is 3.32. The molecule has 10 nitrogen and oxygen atoms in total. The number of halogens is 2. The first-order chi connectivity index (χ1) is 18.3. The summed E-state index contributed by atoms with van der Waals surface area (Å²) in [6, 6.07) is 17.9. The van der Waals surface area contributed by atoms with E-state index in [-0.39, 0.29) is 34.3 Å². The Morgan fingerprint density at radius 2 is 1.84 bits per heavy atom. The Morgan fingerprint density at radius 1 is 1.11 bits per heavy atom. The van der Waals surface area contributed by atoms with Gasteiger partial charge in [-0.3, -0.25) is 14.9 Å². The summed E-state index contributed by atoms with van der Waals surface area (Å²) in [7, 11) is 0. The van der Waals surface area contributed by atoms with Gasteiger partial charge in [-0.1, -0.05) is 71.7 Å². The Bertz CT molecular complexity index is 1510. The molecule has 1 atom stereocenters. The van der Waals surface area contributed by atoms with Crippen LogP contribution in [-0.4, -0.2) is 34.2 Å². The van der Waals surface area contributed by atoms with Crippen LogP contribution in [0.1, 0.15) is 16.7 Å². The average molecular weight is 554 g/mol. The molecule has 194 valence electrons. The van der Waals surface area contributed by atoms with Crippen LogP contribution in [-0.2, 0) is 22.6 Å². The highest BCUT2D eigenvalue weighted by molar-refractivity contribution is 6.43. The zero-order chi connectivity index (χ0) is 27.1. The third-order valence-electron chi connectivity index (χ3n) is 5.55. The van der Waals surface area contributed by atoms with E-state index in [2.05, 4.69) is 20.8 Å². The van der Waals surface area contributed by atoms with Gasteiger partial charge in [-0.2, -0.15) is 5.10 Å². The van der Waals surface area contributed by atoms with E-state index in [1.165, 1.54) is 6.07 Å². The van der Waals surface area contributed by atoms with Crippen LogP contribution in [0.2, 0.25) is 10.0 Å². The van der Waals surface area contributed by atoms with Gasteiger partial charge >= 0.3 is 6.09 Å². The molecular weight excluding hydrogens is 533 g/mol. The molecule has 0 unspecified atom stereocenters. The number of benzene rings is 3. The Morgan fingerprint density at radius 3 is 2.61 bits per heavy atom. The van der Waals surface area contributed by atoms with Crippen molar-refractivity contribution in [2.45, 2.75) is 19.1 Å². The van der Waals surface area contributed by atoms with Gasteiger partial charge < -0.3 is 15.0 Å². The summed E-state index contributed by atoms with van der Waals surface area (Å²) in [4.78, 5) is 39.2. The Hall–Kier alpha value is -4.41. The van der Waals surface area contributed by atoms with Crippen LogP contribution in [0.3, 0.4) is 0 Å². The van der Waals surface area contributed by atoms with Gasteiger partial charge in [-0.25, -0.2) is 10.2 Å². The second kappa shape index (κ2) is 12.2. The molecule has 4 aromatic rings. The van der Waals surface area contributed by atoms with Crippen molar-refractivity contribution in [1.82, 2.24) is 15.7 Å². The van der Waals surface area contributed by atoms with Crippen LogP contribution in [0.4, 0.5) is 10.5 Å². The normalized spacial score (nSPS) is 11.8. The van der Waals surface area contributed by atoms with Crippen molar-refractivity contribution in [1.29, 1.82) is 0 Å². The van der Waals surface area contributed by atoms with Crippen molar-refractivity contribution >= 4 is 58.0 Å². The summed E-state index contributed by atoms with van der Waals surface area (Å²) in [5.74, 6) is -0.643. The molecule has 0 fully saturated rings. The molecule has 2 amide bonds. The van der Waals surface area contributed by atoms with E-state index in [0.717, 1.165) is 34.3 Å². The molecule has 0 spiro atoms. The number of rotatable bonds is 9. The van der Waals surface area contributed by atoms with Crippen molar-refractivity contribution < 1.29 is 19.2 Å². The first-order valence-electron chi connectivity index (χ1n) is 11.3. The third-order valence-corrected chi connectivity index (χ3v) is 6.37. The van der Waals surface area contributed by atoms with Crippen LogP contribution in [0.25, 0.3) is 10.9 Å². The summed E-state index contributed by atoms with van der Waals surface area (Å²) in [6.45, 7) is 0.0261. The van der Waals surface area contributed by atoms with Gasteiger partial charge in [0.05, 0.1) is 21.2 Å². The van der Waals surface area contributed by atoms with E-state index < -0.39 is 23.0 Å². The smallest absolute Gasteiger partial charge is 0.408 e. The second-order valence-electron chi connectivity index (χ2n) is 8.14. The lowest BCUT2D eigenvalue weighted by molar-refractivity contribution is -0.384. The van der Waals surface area contributed by atoms with Crippen molar-refractivity contribution in [3.05, 3.63) is 110 Å². The molecule has 38 heavy (non-hydrogen) atoms. The SMILES string of the molecule is O=C(N[C@H](Cc1c[nH]c2ccccc12)C(=O)N/N=C\c1cc([N+](=O)[O-])cc(Cl)c1Cl)OCc1ccccc1. The molecule has 4 rings (SSSR count). The predicted molar refractivity (Wildman–Crippen MR) is 144 cm³/mol. The number of carbonyl (C=O) groups is 2. The first-order valence-corrected chi connectivity index (χ1v) is 12.1. The van der Waals surface area contributed by atoms with Crippen LogP contribution in [0.15, 0.2) is 78.0 Å². The maximum absolute atomic E-state index is 13.1. The molecule has 0 aliphatic rings. The number of para-hydroxylation sites is 1. The van der Waals surface area contributed by atoms with E-state index >= 15 is 0 Å². The van der Waals surface area contributed by atoms with Crippen molar-refractivity contribution in [2.24, 2.45) is 5.10 Å². The summed E-state index contributed by atoms with van der Waals surface area (Å²) in [5.41, 5.74) is 4.65. The summed E-state index contributed by atoms with van der Waals surface area (Å²) < 4.78 is 5.28. The van der Waals surface area contributed by atoms with Gasteiger partial charge in [0.15, 0.2) is 0 Å². The Labute approximate surface area is 226 Å². The predicted octanol–water partition coefficient (Wildman–Crippen LogP) is 5.37. The Balaban J connectivity index is 1.50. The lowest BCUT2D eigenvalue weighted by atomic mass is 10.0. The zero-order valence-corrected chi connectivity index (χ0v) is 21.2. The topological polar surface area (TPSA) is 139 Å². The number of hydrogen-bond acceptors (Lipinski definition) is 6. The number of non-ortho nitro benzene ring substituents is 1. The van der Waals surface area contributed by atoms with Crippen molar-refractivity contribution in [3.8, 4) is 0 Å². The number of fused-ring (bicyclic) bond motifs is 1. The van der Waals surface area contributed by atoms with Gasteiger partial charge in [0.25, 0.3) is 11.6 Å². The third kappa shape index (κ3) is 6.67. The number of nitrogens with one attached hydrogen (secondary N) is 3. The molecule has 0 bridgehead atoms. The van der Waals surface area contributed by atoms with Crippen LogP contribution >= 0.6 is 23.2 Å². The van der Waals surface area contributed by atoms with E-state index in [0.29, 0.717) is 0 Å². The molecule has 0 aliphatic carbocycles. The fourth-order valence-electron chi connectivity index (χ4n) is 3.67. The number of nitro groups is 1. The number of aromatic nitrogens is 1. The van der Waals surface area contributed by atoms with Crippen LogP contribution < -0.4 is 10.7 Å². The quantitative estimate of drug-likeness (QED) is 0.145. The summed E-state index contributed by atoms with van der Waals surface area (Å²) >= 11 is 12.1. The molecule has 0 saturated heterocycles. The molecule has 3 N–H and O–H groups in total. The second-order valence-corrected chi connectivity index (χ2v) is 8.93. The molecule has 1 heterocycles. The highest BCUT2D eigenvalue weighted by atomic mass is 35.5. The van der Waals surface area contributed by atoms with E-state index in [1.807, 2.05) is 54.6 Å². The van der Waals surface area contributed by atoms with Gasteiger partial charge in [-0.05, 0) is 17.2 Å². The number of ether oxygens (including phenoxy) is 1. The first kappa shape index (κ1) is 26.6. The van der Waals surface area contributed by atoms with Crippen molar-refractivity contribution in [3.63, 3.8) is 0 Å². The zero-order valence-electron chi connectivity index (χ0n) is 19.7. The van der Waals surface area contributed by atoms with E-state index in [1.54, 1.807) is 6.20 Å². The van der Waals surface area contributed by atoms with Crippen LogP contribution in [0.5, 0.6) is 0 Å². The molecule has 0 aliphatic heterocycles. The minimum Gasteiger partial charge on any atom is -0.445 e. The number of H-pyrrole nitrogens is 1.